The Balaban J connectivity index is 0.000000151. The number of hydrogen-bond donors (Lipinski definition) is 0. The highest BCUT2D eigenvalue weighted by molar-refractivity contribution is 5.12. The van der Waals surface area contributed by atoms with E-state index in [1.54, 1.807) is 23.2 Å². The van der Waals surface area contributed by atoms with E-state index in [0.717, 1.165) is 19.4 Å². The summed E-state index contributed by atoms with van der Waals surface area (Å²) in [4.78, 5) is 9.51. The predicted molar refractivity (Wildman–Crippen MR) is 58.9 cm³/mol. The van der Waals surface area contributed by atoms with Gasteiger partial charge < -0.3 is 0 Å². The molecule has 0 aliphatic carbocycles. The van der Waals surface area contributed by atoms with Crippen LogP contribution in [0, 0.1) is 0 Å². The third-order valence-electron chi connectivity index (χ3n) is 1.88. The van der Waals surface area contributed by atoms with Gasteiger partial charge in [0.2, 0.25) is 0 Å². The number of nitrogens with zero attached hydrogens (tertiary/aromatic N) is 2. The molecular formula is C11H16N2O2. The van der Waals surface area contributed by atoms with E-state index in [-0.39, 0.29) is 6.10 Å². The summed E-state index contributed by atoms with van der Waals surface area (Å²) in [5.74, 6) is 0. The van der Waals surface area contributed by atoms with E-state index < -0.39 is 0 Å². The minimum Gasteiger partial charge on any atom is -0.249 e. The fourth-order valence-corrected chi connectivity index (χ4v) is 1.07. The minimum absolute atomic E-state index is 0.128. The second-order valence-corrected chi connectivity index (χ2v) is 3.00. The molecule has 0 amide bonds. The Bertz CT molecular complexity index is 277. The van der Waals surface area contributed by atoms with Gasteiger partial charge in [-0.05, 0) is 18.9 Å². The van der Waals surface area contributed by atoms with Gasteiger partial charge in [0.05, 0.1) is 6.61 Å². The van der Waals surface area contributed by atoms with Gasteiger partial charge in [0, 0.05) is 18.6 Å². The molecule has 0 bridgehead atoms. The maximum atomic E-state index is 4.81. The molecule has 1 atom stereocenters. The van der Waals surface area contributed by atoms with Crippen LogP contribution in [0.4, 0.5) is 0 Å². The van der Waals surface area contributed by atoms with Crippen molar-refractivity contribution < 1.29 is 9.78 Å². The van der Waals surface area contributed by atoms with Gasteiger partial charge in [-0.3, -0.25) is 0 Å². The van der Waals surface area contributed by atoms with Gasteiger partial charge in [-0.15, -0.1) is 6.58 Å². The second kappa shape index (κ2) is 6.98. The molecule has 1 aliphatic heterocycles. The first kappa shape index (κ1) is 11.7. The Morgan fingerprint density at radius 3 is 2.67 bits per heavy atom. The van der Waals surface area contributed by atoms with Crippen LogP contribution in [0.25, 0.3) is 6.20 Å². The quantitative estimate of drug-likeness (QED) is 0.552. The number of aromatic nitrogens is 2. The maximum absolute atomic E-state index is 4.81. The molecule has 1 aromatic rings. The van der Waals surface area contributed by atoms with Crippen molar-refractivity contribution in [2.24, 2.45) is 0 Å². The van der Waals surface area contributed by atoms with Crippen LogP contribution in [0.2, 0.25) is 0 Å². The Labute approximate surface area is 89.7 Å². The molecule has 1 aliphatic rings. The van der Waals surface area contributed by atoms with Gasteiger partial charge in [-0.25, -0.2) is 14.5 Å². The minimum atomic E-state index is 0.128. The van der Waals surface area contributed by atoms with Crippen LogP contribution in [0.3, 0.4) is 0 Å². The molecule has 0 radical (unpaired) electrons. The standard InChI is InChI=1S/C6H10O2.C5H6N2/c1-2-6-4-3-5-7-8-6;1-2-7-5-3-4-6-7/h2,6H,1,3-5H2;2-5H,1H2. The normalized spacial score (nSPS) is 19.9. The van der Waals surface area contributed by atoms with E-state index in [1.165, 1.54) is 0 Å². The van der Waals surface area contributed by atoms with Crippen LogP contribution in [0.1, 0.15) is 12.8 Å². The highest BCUT2D eigenvalue weighted by Gasteiger charge is 2.09. The molecule has 0 N–H and O–H groups in total. The molecule has 0 saturated carbocycles. The topological polar surface area (TPSA) is 36.3 Å². The zero-order valence-corrected chi connectivity index (χ0v) is 8.71. The van der Waals surface area contributed by atoms with E-state index in [0.29, 0.717) is 0 Å². The Hall–Kier alpha value is -1.39. The summed E-state index contributed by atoms with van der Waals surface area (Å²) in [5.41, 5.74) is 0. The lowest BCUT2D eigenvalue weighted by atomic mass is 10.2. The Morgan fingerprint density at radius 1 is 1.47 bits per heavy atom. The maximum Gasteiger partial charge on any atom is 0.111 e. The highest BCUT2D eigenvalue weighted by Crippen LogP contribution is 2.09. The third kappa shape index (κ3) is 4.58. The molecule has 4 nitrogen and oxygen atoms in total. The van der Waals surface area contributed by atoms with Crippen molar-refractivity contribution >= 4 is 6.20 Å². The lowest BCUT2D eigenvalue weighted by Gasteiger charge is -2.16. The van der Waals surface area contributed by atoms with Crippen molar-refractivity contribution in [2.45, 2.75) is 18.9 Å². The fraction of sp³-hybridized carbons (Fsp3) is 0.364. The van der Waals surface area contributed by atoms with Gasteiger partial charge in [-0.2, -0.15) is 5.10 Å². The largest absolute Gasteiger partial charge is 0.249 e. The number of rotatable bonds is 2. The molecule has 1 unspecified atom stereocenters. The fourth-order valence-electron chi connectivity index (χ4n) is 1.07. The smallest absolute Gasteiger partial charge is 0.111 e. The first-order chi connectivity index (χ1) is 7.36. The summed E-state index contributed by atoms with van der Waals surface area (Å²) < 4.78 is 1.64. The van der Waals surface area contributed by atoms with E-state index in [4.69, 9.17) is 9.78 Å². The molecular weight excluding hydrogens is 192 g/mol. The zero-order chi connectivity index (χ0) is 10.9. The van der Waals surface area contributed by atoms with Gasteiger partial charge in [-0.1, -0.05) is 12.7 Å². The molecule has 0 aromatic carbocycles. The zero-order valence-electron chi connectivity index (χ0n) is 8.71. The summed E-state index contributed by atoms with van der Waals surface area (Å²) in [6.07, 6.45) is 9.19. The van der Waals surface area contributed by atoms with Crippen molar-refractivity contribution in [3.63, 3.8) is 0 Å². The molecule has 2 heterocycles. The average Bonchev–Trinajstić information content (AvgIpc) is 2.84. The summed E-state index contributed by atoms with van der Waals surface area (Å²) >= 11 is 0. The van der Waals surface area contributed by atoms with E-state index in [9.17, 15) is 0 Å². The van der Waals surface area contributed by atoms with Crippen molar-refractivity contribution in [1.29, 1.82) is 0 Å². The van der Waals surface area contributed by atoms with Crippen molar-refractivity contribution in [3.05, 3.63) is 37.7 Å². The van der Waals surface area contributed by atoms with Crippen LogP contribution in [-0.2, 0) is 9.78 Å². The Kier molecular flexibility index (Phi) is 5.43. The van der Waals surface area contributed by atoms with E-state index in [2.05, 4.69) is 18.3 Å². The first-order valence-corrected chi connectivity index (χ1v) is 4.89. The second-order valence-electron chi connectivity index (χ2n) is 3.00. The van der Waals surface area contributed by atoms with Crippen LogP contribution in [-0.4, -0.2) is 22.5 Å². The average molecular weight is 208 g/mol. The molecule has 2 rings (SSSR count). The molecule has 0 spiro atoms. The van der Waals surface area contributed by atoms with Crippen LogP contribution in [0.5, 0.6) is 0 Å². The molecule has 1 fully saturated rings. The first-order valence-electron chi connectivity index (χ1n) is 4.89. The predicted octanol–water partition coefficient (Wildman–Crippen LogP) is 2.27. The lowest BCUT2D eigenvalue weighted by Crippen LogP contribution is -2.17. The SMILES string of the molecule is C=CC1CCCOO1.C=Cn1cccn1. The molecule has 15 heavy (non-hydrogen) atoms. The van der Waals surface area contributed by atoms with Crippen molar-refractivity contribution in [2.75, 3.05) is 6.61 Å². The van der Waals surface area contributed by atoms with Crippen LogP contribution in [0.15, 0.2) is 37.7 Å². The van der Waals surface area contributed by atoms with Gasteiger partial charge in [0.15, 0.2) is 0 Å². The van der Waals surface area contributed by atoms with Crippen LogP contribution < -0.4 is 0 Å². The van der Waals surface area contributed by atoms with E-state index in [1.807, 2.05) is 12.3 Å². The summed E-state index contributed by atoms with van der Waals surface area (Å²) in [6, 6.07) is 1.85. The summed E-state index contributed by atoms with van der Waals surface area (Å²) in [5, 5.41) is 3.83. The van der Waals surface area contributed by atoms with Crippen LogP contribution >= 0.6 is 0 Å². The summed E-state index contributed by atoms with van der Waals surface area (Å²) in [6.45, 7) is 7.81. The molecule has 82 valence electrons. The van der Waals surface area contributed by atoms with Gasteiger partial charge in [0.1, 0.15) is 6.10 Å². The van der Waals surface area contributed by atoms with E-state index >= 15 is 0 Å². The van der Waals surface area contributed by atoms with Gasteiger partial charge in [0.25, 0.3) is 0 Å². The highest BCUT2D eigenvalue weighted by atomic mass is 17.2. The monoisotopic (exact) mass is 208 g/mol. The molecule has 1 saturated heterocycles. The van der Waals surface area contributed by atoms with Crippen molar-refractivity contribution in [3.8, 4) is 0 Å². The third-order valence-corrected chi connectivity index (χ3v) is 1.88. The Morgan fingerprint density at radius 2 is 2.33 bits per heavy atom. The lowest BCUT2D eigenvalue weighted by molar-refractivity contribution is -0.333. The molecule has 4 heteroatoms. The van der Waals surface area contributed by atoms with Gasteiger partial charge >= 0.3 is 0 Å². The number of hydrogen-bond acceptors (Lipinski definition) is 3. The summed E-state index contributed by atoms with van der Waals surface area (Å²) in [7, 11) is 0. The molecule has 1 aromatic heterocycles. The van der Waals surface area contributed by atoms with Crippen molar-refractivity contribution in [1.82, 2.24) is 9.78 Å².